The van der Waals surface area contributed by atoms with Gasteiger partial charge in [0, 0.05) is 6.54 Å². The molecule has 4 heteroatoms. The Morgan fingerprint density at radius 3 is 2.80 bits per heavy atom. The van der Waals surface area contributed by atoms with E-state index in [4.69, 9.17) is 9.84 Å². The molecule has 1 aromatic carbocycles. The highest BCUT2D eigenvalue weighted by Gasteiger charge is 2.45. The highest BCUT2D eigenvalue weighted by Crippen LogP contribution is 2.38. The second-order valence-electron chi connectivity index (χ2n) is 3.40. The zero-order valence-electron chi connectivity index (χ0n) is 8.22. The second-order valence-corrected chi connectivity index (χ2v) is 3.40. The SMILES string of the molecule is O=C(NCCO)[C@@H]1O[C@H]1c1ccccc1. The first-order valence-corrected chi connectivity index (χ1v) is 4.92. The number of rotatable bonds is 4. The summed E-state index contributed by atoms with van der Waals surface area (Å²) < 4.78 is 5.27. The summed E-state index contributed by atoms with van der Waals surface area (Å²) in [6.07, 6.45) is -0.510. The van der Waals surface area contributed by atoms with Crippen LogP contribution < -0.4 is 5.32 Å². The van der Waals surface area contributed by atoms with Crippen molar-refractivity contribution < 1.29 is 14.6 Å². The maximum Gasteiger partial charge on any atom is 0.252 e. The van der Waals surface area contributed by atoms with Crippen LogP contribution in [0.5, 0.6) is 0 Å². The van der Waals surface area contributed by atoms with Gasteiger partial charge in [0.15, 0.2) is 6.10 Å². The zero-order chi connectivity index (χ0) is 10.7. The average molecular weight is 207 g/mol. The van der Waals surface area contributed by atoms with Crippen molar-refractivity contribution in [3.63, 3.8) is 0 Å². The summed E-state index contributed by atoms with van der Waals surface area (Å²) in [6, 6.07) is 9.63. The largest absolute Gasteiger partial charge is 0.395 e. The summed E-state index contributed by atoms with van der Waals surface area (Å²) in [5, 5.41) is 11.1. The first kappa shape index (κ1) is 10.1. The van der Waals surface area contributed by atoms with Crippen LogP contribution >= 0.6 is 0 Å². The molecule has 2 atom stereocenters. The van der Waals surface area contributed by atoms with Gasteiger partial charge in [0.05, 0.1) is 6.61 Å². The number of hydrogen-bond acceptors (Lipinski definition) is 3. The number of amides is 1. The molecule has 0 radical (unpaired) electrons. The lowest BCUT2D eigenvalue weighted by Crippen LogP contribution is -2.30. The van der Waals surface area contributed by atoms with Gasteiger partial charge in [0.1, 0.15) is 6.10 Å². The summed E-state index contributed by atoms with van der Waals surface area (Å²) >= 11 is 0. The normalized spacial score (nSPS) is 23.5. The summed E-state index contributed by atoms with van der Waals surface area (Å²) in [5.41, 5.74) is 1.02. The Kier molecular flexibility index (Phi) is 2.99. The van der Waals surface area contributed by atoms with Crippen LogP contribution in [-0.4, -0.2) is 30.3 Å². The highest BCUT2D eigenvalue weighted by molar-refractivity contribution is 5.83. The first-order chi connectivity index (χ1) is 7.33. The van der Waals surface area contributed by atoms with Gasteiger partial charge in [0.25, 0.3) is 5.91 Å². The van der Waals surface area contributed by atoms with Crippen molar-refractivity contribution in [2.24, 2.45) is 0 Å². The van der Waals surface area contributed by atoms with E-state index in [1.807, 2.05) is 30.3 Å². The Morgan fingerprint density at radius 1 is 1.40 bits per heavy atom. The van der Waals surface area contributed by atoms with E-state index in [0.717, 1.165) is 5.56 Å². The van der Waals surface area contributed by atoms with E-state index < -0.39 is 0 Å². The van der Waals surface area contributed by atoms with Gasteiger partial charge < -0.3 is 15.2 Å². The number of epoxide rings is 1. The number of nitrogens with one attached hydrogen (secondary N) is 1. The molecular formula is C11H13NO3. The van der Waals surface area contributed by atoms with E-state index in [9.17, 15) is 4.79 Å². The van der Waals surface area contributed by atoms with E-state index in [1.165, 1.54) is 0 Å². The molecule has 15 heavy (non-hydrogen) atoms. The van der Waals surface area contributed by atoms with Crippen molar-refractivity contribution in [2.45, 2.75) is 12.2 Å². The number of hydrogen-bond donors (Lipinski definition) is 2. The molecule has 0 unspecified atom stereocenters. The molecule has 1 aliphatic heterocycles. The zero-order valence-corrected chi connectivity index (χ0v) is 8.22. The molecular weight excluding hydrogens is 194 g/mol. The third kappa shape index (κ3) is 2.34. The van der Waals surface area contributed by atoms with Crippen LogP contribution in [-0.2, 0) is 9.53 Å². The van der Waals surface area contributed by atoms with Gasteiger partial charge in [0.2, 0.25) is 0 Å². The van der Waals surface area contributed by atoms with Crippen LogP contribution in [0.2, 0.25) is 0 Å². The third-order valence-electron chi connectivity index (χ3n) is 2.29. The van der Waals surface area contributed by atoms with Gasteiger partial charge >= 0.3 is 0 Å². The predicted octanol–water partition coefficient (Wildman–Crippen LogP) is 0.235. The highest BCUT2D eigenvalue weighted by atomic mass is 16.6. The molecule has 1 fully saturated rings. The van der Waals surface area contributed by atoms with Gasteiger partial charge in [-0.05, 0) is 5.56 Å². The lowest BCUT2D eigenvalue weighted by Gasteiger charge is -1.98. The van der Waals surface area contributed by atoms with Crippen molar-refractivity contribution in [2.75, 3.05) is 13.2 Å². The van der Waals surface area contributed by atoms with E-state index in [2.05, 4.69) is 5.32 Å². The molecule has 1 saturated heterocycles. The standard InChI is InChI=1S/C11H13NO3/c13-7-6-12-11(14)10-9(15-10)8-4-2-1-3-5-8/h1-5,9-10,13H,6-7H2,(H,12,14)/t9-,10+/m0/s1. The van der Waals surface area contributed by atoms with Crippen molar-refractivity contribution >= 4 is 5.91 Å². The minimum absolute atomic E-state index is 0.0472. The van der Waals surface area contributed by atoms with E-state index in [1.54, 1.807) is 0 Å². The topological polar surface area (TPSA) is 61.9 Å². The van der Waals surface area contributed by atoms with Crippen molar-refractivity contribution in [1.29, 1.82) is 0 Å². The monoisotopic (exact) mass is 207 g/mol. The smallest absolute Gasteiger partial charge is 0.252 e. The number of carbonyl (C=O) groups is 1. The number of ether oxygens (including phenoxy) is 1. The average Bonchev–Trinajstić information content (AvgIpc) is 3.07. The minimum Gasteiger partial charge on any atom is -0.395 e. The van der Waals surface area contributed by atoms with E-state index in [0.29, 0.717) is 0 Å². The molecule has 1 aliphatic rings. The van der Waals surface area contributed by atoms with Crippen LogP contribution in [0.25, 0.3) is 0 Å². The fourth-order valence-electron chi connectivity index (χ4n) is 1.49. The molecule has 0 spiro atoms. The van der Waals surface area contributed by atoms with Gasteiger partial charge in [-0.2, -0.15) is 0 Å². The quantitative estimate of drug-likeness (QED) is 0.695. The van der Waals surface area contributed by atoms with Gasteiger partial charge in [-0.15, -0.1) is 0 Å². The molecule has 1 aromatic rings. The number of aliphatic hydroxyl groups excluding tert-OH is 1. The second kappa shape index (κ2) is 4.42. The predicted molar refractivity (Wildman–Crippen MR) is 54.2 cm³/mol. The Hall–Kier alpha value is -1.39. The van der Waals surface area contributed by atoms with E-state index >= 15 is 0 Å². The van der Waals surface area contributed by atoms with Crippen molar-refractivity contribution in [1.82, 2.24) is 5.32 Å². The van der Waals surface area contributed by atoms with Gasteiger partial charge in [-0.25, -0.2) is 0 Å². The van der Waals surface area contributed by atoms with E-state index in [-0.39, 0.29) is 31.3 Å². The molecule has 1 heterocycles. The molecule has 1 amide bonds. The fraction of sp³-hybridized carbons (Fsp3) is 0.364. The van der Waals surface area contributed by atoms with Crippen LogP contribution in [0.3, 0.4) is 0 Å². The lowest BCUT2D eigenvalue weighted by molar-refractivity contribution is -0.122. The summed E-state index contributed by atoms with van der Waals surface area (Å²) in [6.45, 7) is 0.231. The minimum atomic E-state index is -0.390. The summed E-state index contributed by atoms with van der Waals surface area (Å²) in [4.78, 5) is 11.4. The van der Waals surface area contributed by atoms with Crippen LogP contribution in [0.4, 0.5) is 0 Å². The molecule has 2 rings (SSSR count). The first-order valence-electron chi connectivity index (χ1n) is 4.92. The molecule has 0 aliphatic carbocycles. The molecule has 2 N–H and O–H groups in total. The third-order valence-corrected chi connectivity index (χ3v) is 2.29. The molecule has 0 bridgehead atoms. The number of carbonyl (C=O) groups excluding carboxylic acids is 1. The summed E-state index contributed by atoms with van der Waals surface area (Å²) in [5.74, 6) is -0.155. The summed E-state index contributed by atoms with van der Waals surface area (Å²) in [7, 11) is 0. The molecule has 0 saturated carbocycles. The lowest BCUT2D eigenvalue weighted by atomic mass is 10.1. The maximum atomic E-state index is 11.4. The fourth-order valence-corrected chi connectivity index (χ4v) is 1.49. The molecule has 80 valence electrons. The van der Waals surface area contributed by atoms with Crippen LogP contribution in [0.15, 0.2) is 30.3 Å². The molecule has 4 nitrogen and oxygen atoms in total. The van der Waals surface area contributed by atoms with Crippen LogP contribution in [0, 0.1) is 0 Å². The maximum absolute atomic E-state index is 11.4. The van der Waals surface area contributed by atoms with Gasteiger partial charge in [-0.1, -0.05) is 30.3 Å². The Morgan fingerprint density at radius 2 is 2.13 bits per heavy atom. The number of aliphatic hydroxyl groups is 1. The molecule has 0 aromatic heterocycles. The van der Waals surface area contributed by atoms with Gasteiger partial charge in [-0.3, -0.25) is 4.79 Å². The van der Waals surface area contributed by atoms with Crippen molar-refractivity contribution in [3.8, 4) is 0 Å². The van der Waals surface area contributed by atoms with Crippen molar-refractivity contribution in [3.05, 3.63) is 35.9 Å². The Balaban J connectivity index is 1.88. The number of benzene rings is 1. The Labute approximate surface area is 87.9 Å². The van der Waals surface area contributed by atoms with Crippen LogP contribution in [0.1, 0.15) is 11.7 Å². The Bertz CT molecular complexity index is 339.